The van der Waals surface area contributed by atoms with Crippen molar-refractivity contribution in [3.63, 3.8) is 0 Å². The minimum atomic E-state index is -1.13. The minimum absolute atomic E-state index is 0.0124. The van der Waals surface area contributed by atoms with Gasteiger partial charge in [-0.25, -0.2) is 9.69 Å². The number of imide groups is 1. The third-order valence-corrected chi connectivity index (χ3v) is 8.50. The summed E-state index contributed by atoms with van der Waals surface area (Å²) in [6.07, 6.45) is 8.69. The number of cyclic esters (lactones) is 1. The standard InChI is InChI=1S/C37H47NO6/c1-26(2)32-25-43-37(42)38(32)36(41)31(23-28-17-11-10-12-18-28)35(40)34-24-30(29-19-15-16-27(3)22-29)33(44-34)20-13-8-6-4-5-7-9-14-21-39/h10-12,15-19,22,24,26,31-32,39H,4-9,13-14,20-21,23,25H2,1-3H3/t31-,32-/m0/s1. The lowest BCUT2D eigenvalue weighted by Crippen LogP contribution is -2.47. The number of Topliss-reactive ketones (excluding diaryl/α,β-unsaturated/α-hetero) is 1. The molecule has 236 valence electrons. The number of nitrogens with zero attached hydrogens (tertiary/aromatic N) is 1. The molecule has 0 aliphatic carbocycles. The van der Waals surface area contributed by atoms with E-state index in [0.717, 1.165) is 77.9 Å². The number of carbonyl (C=O) groups excluding carboxylic acids is 3. The lowest BCUT2D eigenvalue weighted by atomic mass is 9.91. The molecular formula is C37H47NO6. The number of aliphatic hydroxyl groups excluding tert-OH is 1. The second-order valence-corrected chi connectivity index (χ2v) is 12.3. The highest BCUT2D eigenvalue weighted by atomic mass is 16.6. The Morgan fingerprint density at radius 1 is 0.909 bits per heavy atom. The highest BCUT2D eigenvalue weighted by molar-refractivity contribution is 6.12. The van der Waals surface area contributed by atoms with Gasteiger partial charge in [-0.05, 0) is 49.3 Å². The van der Waals surface area contributed by atoms with Crippen molar-refractivity contribution in [2.24, 2.45) is 11.8 Å². The number of furan rings is 1. The SMILES string of the molecule is Cc1cccc(-c2cc(C(=O)[C@H](Cc3ccccc3)C(=O)N3C(=O)OC[C@H]3C(C)C)oc2CCCCCCCCCCO)c1. The zero-order chi connectivity index (χ0) is 31.5. The second kappa shape index (κ2) is 16.4. The van der Waals surface area contributed by atoms with Crippen LogP contribution in [0, 0.1) is 18.8 Å². The molecule has 2 atom stereocenters. The van der Waals surface area contributed by atoms with E-state index in [0.29, 0.717) is 6.42 Å². The van der Waals surface area contributed by atoms with Gasteiger partial charge in [-0.15, -0.1) is 0 Å². The monoisotopic (exact) mass is 601 g/mol. The van der Waals surface area contributed by atoms with E-state index in [1.165, 1.54) is 6.42 Å². The van der Waals surface area contributed by atoms with Crippen molar-refractivity contribution >= 4 is 17.8 Å². The average Bonchev–Trinajstić information content (AvgIpc) is 3.63. The van der Waals surface area contributed by atoms with Crippen molar-refractivity contribution in [1.29, 1.82) is 0 Å². The van der Waals surface area contributed by atoms with Gasteiger partial charge in [0.15, 0.2) is 5.76 Å². The zero-order valence-corrected chi connectivity index (χ0v) is 26.4. The summed E-state index contributed by atoms with van der Waals surface area (Å²) in [5, 5.41) is 8.95. The average molecular weight is 602 g/mol. The first-order valence-electron chi connectivity index (χ1n) is 16.2. The molecule has 3 aromatic rings. The van der Waals surface area contributed by atoms with Gasteiger partial charge in [0.2, 0.25) is 11.7 Å². The Balaban J connectivity index is 1.58. The summed E-state index contributed by atoms with van der Waals surface area (Å²) in [6.45, 7) is 6.29. The van der Waals surface area contributed by atoms with Gasteiger partial charge in [0.05, 0.1) is 6.04 Å². The number of unbranched alkanes of at least 4 members (excludes halogenated alkanes) is 7. The number of amides is 2. The van der Waals surface area contributed by atoms with Crippen LogP contribution in [0.4, 0.5) is 4.79 Å². The second-order valence-electron chi connectivity index (χ2n) is 12.3. The number of ketones is 1. The zero-order valence-electron chi connectivity index (χ0n) is 26.4. The number of benzene rings is 2. The molecule has 0 bridgehead atoms. The molecule has 2 heterocycles. The molecule has 7 heteroatoms. The van der Waals surface area contributed by atoms with Crippen molar-refractivity contribution < 1.29 is 28.6 Å². The normalized spacial score (nSPS) is 15.5. The van der Waals surface area contributed by atoms with Gasteiger partial charge in [0.1, 0.15) is 18.3 Å². The van der Waals surface area contributed by atoms with Crippen LogP contribution in [0.3, 0.4) is 0 Å². The largest absolute Gasteiger partial charge is 0.457 e. The van der Waals surface area contributed by atoms with Crippen LogP contribution in [0.2, 0.25) is 0 Å². The molecule has 1 saturated heterocycles. The lowest BCUT2D eigenvalue weighted by molar-refractivity contribution is -0.132. The van der Waals surface area contributed by atoms with E-state index in [1.54, 1.807) is 6.07 Å². The smallest absolute Gasteiger partial charge is 0.417 e. The van der Waals surface area contributed by atoms with Gasteiger partial charge in [0.25, 0.3) is 0 Å². The Bertz CT molecular complexity index is 1380. The minimum Gasteiger partial charge on any atom is -0.457 e. The number of hydrogen-bond donors (Lipinski definition) is 1. The van der Waals surface area contributed by atoms with Gasteiger partial charge in [-0.3, -0.25) is 9.59 Å². The third kappa shape index (κ3) is 8.69. The highest BCUT2D eigenvalue weighted by Crippen LogP contribution is 2.32. The Kier molecular flexibility index (Phi) is 12.4. The van der Waals surface area contributed by atoms with Crippen molar-refractivity contribution in [3.05, 3.63) is 83.3 Å². The Labute approximate surface area is 261 Å². The number of carbonyl (C=O) groups is 3. The predicted molar refractivity (Wildman–Crippen MR) is 171 cm³/mol. The van der Waals surface area contributed by atoms with Crippen molar-refractivity contribution in [2.45, 2.75) is 91.0 Å². The molecule has 44 heavy (non-hydrogen) atoms. The molecular weight excluding hydrogens is 554 g/mol. The van der Waals surface area contributed by atoms with Crippen LogP contribution >= 0.6 is 0 Å². The van der Waals surface area contributed by atoms with E-state index >= 15 is 0 Å². The molecule has 2 aromatic carbocycles. The first-order chi connectivity index (χ1) is 21.3. The van der Waals surface area contributed by atoms with E-state index in [1.807, 2.05) is 69.3 Å². The summed E-state index contributed by atoms with van der Waals surface area (Å²) >= 11 is 0. The number of hydrogen-bond acceptors (Lipinski definition) is 6. The van der Waals surface area contributed by atoms with E-state index in [2.05, 4.69) is 6.07 Å². The summed E-state index contributed by atoms with van der Waals surface area (Å²) in [4.78, 5) is 42.1. The van der Waals surface area contributed by atoms with E-state index in [4.69, 9.17) is 14.3 Å². The van der Waals surface area contributed by atoms with Crippen LogP contribution in [0.15, 0.2) is 65.1 Å². The maximum atomic E-state index is 14.2. The van der Waals surface area contributed by atoms with Crippen LogP contribution < -0.4 is 0 Å². The van der Waals surface area contributed by atoms with Gasteiger partial charge in [-0.1, -0.05) is 113 Å². The van der Waals surface area contributed by atoms with Gasteiger partial charge >= 0.3 is 6.09 Å². The third-order valence-electron chi connectivity index (χ3n) is 8.50. The van der Waals surface area contributed by atoms with Gasteiger partial charge < -0.3 is 14.3 Å². The van der Waals surface area contributed by atoms with Crippen molar-refractivity contribution in [3.8, 4) is 11.1 Å². The van der Waals surface area contributed by atoms with Crippen LogP contribution in [0.5, 0.6) is 0 Å². The first-order valence-corrected chi connectivity index (χ1v) is 16.2. The molecule has 1 fully saturated rings. The summed E-state index contributed by atoms with van der Waals surface area (Å²) < 4.78 is 11.6. The van der Waals surface area contributed by atoms with Crippen LogP contribution in [0.25, 0.3) is 11.1 Å². The van der Waals surface area contributed by atoms with Crippen LogP contribution in [0.1, 0.15) is 92.7 Å². The van der Waals surface area contributed by atoms with Crippen LogP contribution in [-0.2, 0) is 22.4 Å². The fourth-order valence-electron chi connectivity index (χ4n) is 5.91. The molecule has 1 aliphatic heterocycles. The first kappa shape index (κ1) is 33.2. The van der Waals surface area contributed by atoms with E-state index < -0.39 is 29.7 Å². The highest BCUT2D eigenvalue weighted by Gasteiger charge is 2.44. The number of ether oxygens (including phenoxy) is 1. The maximum Gasteiger partial charge on any atom is 0.417 e. The molecule has 4 rings (SSSR count). The predicted octanol–water partition coefficient (Wildman–Crippen LogP) is 7.96. The van der Waals surface area contributed by atoms with E-state index in [9.17, 15) is 14.4 Å². The number of rotatable bonds is 17. The number of aliphatic hydroxyl groups is 1. The molecule has 2 amide bonds. The van der Waals surface area contributed by atoms with Crippen molar-refractivity contribution in [1.82, 2.24) is 4.90 Å². The molecule has 0 unspecified atom stereocenters. The van der Waals surface area contributed by atoms with Crippen molar-refractivity contribution in [2.75, 3.05) is 13.2 Å². The lowest BCUT2D eigenvalue weighted by Gasteiger charge is -2.26. The fourth-order valence-corrected chi connectivity index (χ4v) is 5.91. The topological polar surface area (TPSA) is 97.1 Å². The van der Waals surface area contributed by atoms with Gasteiger partial charge in [0, 0.05) is 18.6 Å². The summed E-state index contributed by atoms with van der Waals surface area (Å²) in [5.41, 5.74) is 3.77. The number of aryl methyl sites for hydroxylation is 2. The fraction of sp³-hybridized carbons (Fsp3) is 0.486. The quantitative estimate of drug-likeness (QED) is 0.0958. The molecule has 1 N–H and O–H groups in total. The summed E-state index contributed by atoms with van der Waals surface area (Å²) in [7, 11) is 0. The Morgan fingerprint density at radius 3 is 2.25 bits per heavy atom. The van der Waals surface area contributed by atoms with Crippen LogP contribution in [-0.4, -0.2) is 47.0 Å². The maximum absolute atomic E-state index is 14.2. The molecule has 0 saturated carbocycles. The summed E-state index contributed by atoms with van der Waals surface area (Å²) in [5.74, 6) is -1.23. The molecule has 0 spiro atoms. The van der Waals surface area contributed by atoms with Gasteiger partial charge in [-0.2, -0.15) is 0 Å². The molecule has 1 aliphatic rings. The Morgan fingerprint density at radius 2 is 1.59 bits per heavy atom. The Hall–Kier alpha value is -3.71. The summed E-state index contributed by atoms with van der Waals surface area (Å²) in [6, 6.07) is 18.9. The van der Waals surface area contributed by atoms with E-state index in [-0.39, 0.29) is 31.3 Å². The molecule has 0 radical (unpaired) electrons. The molecule has 1 aromatic heterocycles. The molecule has 7 nitrogen and oxygen atoms in total.